The molecule has 0 bridgehead atoms. The normalized spacial score (nSPS) is 11.0. The zero-order valence-corrected chi connectivity index (χ0v) is 18.3. The highest BCUT2D eigenvalue weighted by Crippen LogP contribution is 2.40. The van der Waals surface area contributed by atoms with Crippen LogP contribution in [-0.4, -0.2) is 28.4 Å². The van der Waals surface area contributed by atoms with E-state index < -0.39 is 17.7 Å². The van der Waals surface area contributed by atoms with Crippen molar-refractivity contribution < 1.29 is 18.7 Å². The summed E-state index contributed by atoms with van der Waals surface area (Å²) >= 11 is 1.29. The minimum absolute atomic E-state index is 0.202. The Bertz CT molecular complexity index is 1320. The second kappa shape index (κ2) is 7.96. The van der Waals surface area contributed by atoms with Gasteiger partial charge in [0, 0.05) is 16.6 Å². The average Bonchev–Trinajstić information content (AvgIpc) is 3.23. The monoisotopic (exact) mass is 437 g/mol. The molecule has 1 aromatic carbocycles. The Labute approximate surface area is 182 Å². The molecule has 0 saturated carbocycles. The van der Waals surface area contributed by atoms with Crippen molar-refractivity contribution in [1.82, 2.24) is 9.38 Å². The van der Waals surface area contributed by atoms with Gasteiger partial charge in [-0.1, -0.05) is 29.8 Å². The maximum absolute atomic E-state index is 13.8. The van der Waals surface area contributed by atoms with Crippen LogP contribution in [0.2, 0.25) is 0 Å². The van der Waals surface area contributed by atoms with Crippen LogP contribution in [0.1, 0.15) is 37.0 Å². The average molecular weight is 437 g/mol. The molecular formula is C23H20FN3O3S. The molecule has 0 atom stereocenters. The summed E-state index contributed by atoms with van der Waals surface area (Å²) in [5.41, 5.74) is 4.07. The van der Waals surface area contributed by atoms with E-state index in [1.165, 1.54) is 41.2 Å². The topological polar surface area (TPSA) is 72.7 Å². The molecule has 0 spiro atoms. The van der Waals surface area contributed by atoms with E-state index in [-0.39, 0.29) is 5.69 Å². The van der Waals surface area contributed by atoms with Gasteiger partial charge in [-0.05, 0) is 38.5 Å². The summed E-state index contributed by atoms with van der Waals surface area (Å²) in [7, 11) is 1.30. The number of carbonyl (C=O) groups is 2. The Morgan fingerprint density at radius 3 is 2.48 bits per heavy atom. The molecule has 1 amide bonds. The number of hydrogen-bond donors (Lipinski definition) is 1. The number of carbonyl (C=O) groups excluding carboxylic acids is 2. The number of nitrogens with zero attached hydrogens (tertiary/aromatic N) is 2. The van der Waals surface area contributed by atoms with Crippen LogP contribution in [0.4, 0.5) is 9.39 Å². The smallest absolute Gasteiger partial charge is 0.341 e. The number of thiophene rings is 1. The number of anilines is 1. The van der Waals surface area contributed by atoms with Crippen molar-refractivity contribution in [3.63, 3.8) is 0 Å². The Balaban J connectivity index is 1.80. The molecule has 0 saturated heterocycles. The highest BCUT2D eigenvalue weighted by molar-refractivity contribution is 7.17. The van der Waals surface area contributed by atoms with Crippen molar-refractivity contribution in [3.8, 4) is 11.1 Å². The molecule has 0 aliphatic carbocycles. The highest BCUT2D eigenvalue weighted by atomic mass is 32.1. The third kappa shape index (κ3) is 3.70. The Kier molecular flexibility index (Phi) is 5.32. The summed E-state index contributed by atoms with van der Waals surface area (Å²) in [6.07, 6.45) is 1.21. The maximum Gasteiger partial charge on any atom is 0.341 e. The number of methoxy groups -OCH3 is 1. The minimum Gasteiger partial charge on any atom is -0.465 e. The number of nitrogens with one attached hydrogen (secondary N) is 1. The van der Waals surface area contributed by atoms with Crippen LogP contribution in [0.15, 0.2) is 42.6 Å². The molecule has 0 aliphatic rings. The van der Waals surface area contributed by atoms with Crippen molar-refractivity contribution in [1.29, 1.82) is 0 Å². The number of fused-ring (bicyclic) bond motifs is 1. The zero-order chi connectivity index (χ0) is 22.3. The number of halogens is 1. The van der Waals surface area contributed by atoms with Crippen molar-refractivity contribution in [3.05, 3.63) is 75.8 Å². The van der Waals surface area contributed by atoms with E-state index in [9.17, 15) is 14.0 Å². The summed E-state index contributed by atoms with van der Waals surface area (Å²) in [6, 6.07) is 10.6. The van der Waals surface area contributed by atoms with Gasteiger partial charge in [0.15, 0.2) is 0 Å². The fourth-order valence-electron chi connectivity index (χ4n) is 3.57. The molecule has 6 nitrogen and oxygen atoms in total. The van der Waals surface area contributed by atoms with Gasteiger partial charge in [0.25, 0.3) is 5.91 Å². The third-order valence-electron chi connectivity index (χ3n) is 5.01. The highest BCUT2D eigenvalue weighted by Gasteiger charge is 2.27. The van der Waals surface area contributed by atoms with Crippen molar-refractivity contribution in [2.45, 2.75) is 20.8 Å². The molecule has 3 aromatic heterocycles. The Morgan fingerprint density at radius 2 is 1.81 bits per heavy atom. The fourth-order valence-corrected chi connectivity index (χ4v) is 4.63. The molecule has 0 unspecified atom stereocenters. The maximum atomic E-state index is 13.8. The van der Waals surface area contributed by atoms with Crippen LogP contribution in [-0.2, 0) is 4.74 Å². The lowest BCUT2D eigenvalue weighted by Gasteiger charge is -2.09. The lowest BCUT2D eigenvalue weighted by atomic mass is 10.0. The van der Waals surface area contributed by atoms with Gasteiger partial charge < -0.3 is 10.1 Å². The van der Waals surface area contributed by atoms with E-state index in [1.807, 2.05) is 38.1 Å². The zero-order valence-electron chi connectivity index (χ0n) is 17.4. The van der Waals surface area contributed by atoms with E-state index in [2.05, 4.69) is 10.3 Å². The number of aryl methyl sites for hydroxylation is 3. The second-order valence-electron chi connectivity index (χ2n) is 7.17. The lowest BCUT2D eigenvalue weighted by Crippen LogP contribution is -2.17. The number of amides is 1. The molecule has 8 heteroatoms. The summed E-state index contributed by atoms with van der Waals surface area (Å²) in [4.78, 5) is 31.0. The molecular weight excluding hydrogens is 417 g/mol. The standard InChI is InChI=1S/C23H20FN3O3S/c1-12-5-7-15(8-6-12)18-14(3)31-22(19(18)23(29)30-4)26-21(28)20-13(2)25-17-10-9-16(24)11-27(17)20/h5-11H,1-4H3,(H,26,28). The van der Waals surface area contributed by atoms with Crippen molar-refractivity contribution in [2.24, 2.45) is 0 Å². The Hall–Kier alpha value is -3.52. The summed E-state index contributed by atoms with van der Waals surface area (Å²) in [5.74, 6) is -1.52. The molecule has 158 valence electrons. The number of rotatable bonds is 4. The first-order valence-corrected chi connectivity index (χ1v) is 10.4. The predicted molar refractivity (Wildman–Crippen MR) is 118 cm³/mol. The van der Waals surface area contributed by atoms with Crippen LogP contribution in [0, 0.1) is 26.6 Å². The SMILES string of the molecule is COC(=O)c1c(NC(=O)c2c(C)nc3ccc(F)cn23)sc(C)c1-c1ccc(C)cc1. The van der Waals surface area contributed by atoms with Gasteiger partial charge >= 0.3 is 5.97 Å². The summed E-state index contributed by atoms with van der Waals surface area (Å²) in [5, 5.41) is 3.19. The molecule has 0 aliphatic heterocycles. The van der Waals surface area contributed by atoms with Crippen LogP contribution >= 0.6 is 11.3 Å². The molecule has 1 N–H and O–H groups in total. The number of imidazole rings is 1. The van der Waals surface area contributed by atoms with Crippen LogP contribution in [0.25, 0.3) is 16.8 Å². The molecule has 31 heavy (non-hydrogen) atoms. The van der Waals surface area contributed by atoms with Gasteiger partial charge in [-0.2, -0.15) is 0 Å². The van der Waals surface area contributed by atoms with Crippen molar-refractivity contribution >= 4 is 33.9 Å². The van der Waals surface area contributed by atoms with Gasteiger partial charge in [0.2, 0.25) is 0 Å². The lowest BCUT2D eigenvalue weighted by molar-refractivity contribution is 0.0603. The number of aromatic nitrogens is 2. The number of benzene rings is 1. The Morgan fingerprint density at radius 1 is 1.10 bits per heavy atom. The molecule has 4 rings (SSSR count). The first kappa shape index (κ1) is 20.7. The molecule has 0 radical (unpaired) electrons. The number of pyridine rings is 1. The largest absolute Gasteiger partial charge is 0.465 e. The van der Waals surface area contributed by atoms with Crippen LogP contribution in [0.3, 0.4) is 0 Å². The van der Waals surface area contributed by atoms with Gasteiger partial charge in [0.05, 0.1) is 12.8 Å². The minimum atomic E-state index is -0.545. The molecule has 4 aromatic rings. The quantitative estimate of drug-likeness (QED) is 0.447. The second-order valence-corrected chi connectivity index (χ2v) is 8.40. The first-order chi connectivity index (χ1) is 14.8. The van der Waals surface area contributed by atoms with Crippen LogP contribution in [0.5, 0.6) is 0 Å². The number of ether oxygens (including phenoxy) is 1. The summed E-state index contributed by atoms with van der Waals surface area (Å²) < 4.78 is 20.2. The number of hydrogen-bond acceptors (Lipinski definition) is 5. The van der Waals surface area contributed by atoms with Gasteiger partial charge in [-0.15, -0.1) is 11.3 Å². The predicted octanol–water partition coefficient (Wildman–Crippen LogP) is 5.17. The van der Waals surface area contributed by atoms with E-state index >= 15 is 0 Å². The van der Waals surface area contributed by atoms with E-state index in [1.54, 1.807) is 6.92 Å². The van der Waals surface area contributed by atoms with Crippen LogP contribution < -0.4 is 5.32 Å². The van der Waals surface area contributed by atoms with Gasteiger partial charge in [0.1, 0.15) is 27.7 Å². The van der Waals surface area contributed by atoms with Gasteiger partial charge in [-0.3, -0.25) is 9.20 Å². The fraction of sp³-hybridized carbons (Fsp3) is 0.174. The molecule has 3 heterocycles. The first-order valence-electron chi connectivity index (χ1n) is 9.54. The number of esters is 1. The summed E-state index contributed by atoms with van der Waals surface area (Å²) in [6.45, 7) is 5.55. The molecule has 0 fully saturated rings. The van der Waals surface area contributed by atoms with Crippen molar-refractivity contribution in [2.75, 3.05) is 12.4 Å². The van der Waals surface area contributed by atoms with E-state index in [0.717, 1.165) is 16.0 Å². The van der Waals surface area contributed by atoms with Gasteiger partial charge in [-0.25, -0.2) is 14.2 Å². The van der Waals surface area contributed by atoms with E-state index in [4.69, 9.17) is 4.74 Å². The third-order valence-corrected chi connectivity index (χ3v) is 6.03. The van der Waals surface area contributed by atoms with E-state index in [0.29, 0.717) is 27.5 Å².